The number of hydrogen-bond acceptors (Lipinski definition) is 3. The van der Waals surface area contributed by atoms with Crippen molar-refractivity contribution in [2.24, 2.45) is 0 Å². The van der Waals surface area contributed by atoms with E-state index in [9.17, 15) is 9.59 Å². The monoisotopic (exact) mass is 376 g/mol. The Morgan fingerprint density at radius 1 is 1.31 bits per heavy atom. The van der Waals surface area contributed by atoms with E-state index in [1.54, 1.807) is 11.0 Å². The summed E-state index contributed by atoms with van der Waals surface area (Å²) in [6.45, 7) is 4.85. The molecule has 0 saturated carbocycles. The number of aliphatic carboxylic acids is 1. The summed E-state index contributed by atoms with van der Waals surface area (Å²) in [6, 6.07) is 8.83. The van der Waals surface area contributed by atoms with Gasteiger partial charge in [-0.15, -0.1) is 0 Å². The van der Waals surface area contributed by atoms with Crippen LogP contribution in [0.4, 0.5) is 0 Å². The van der Waals surface area contributed by atoms with E-state index < -0.39 is 12.0 Å². The predicted molar refractivity (Wildman–Crippen MR) is 98.1 cm³/mol. The second-order valence-corrected chi connectivity index (χ2v) is 6.86. The zero-order chi connectivity index (χ0) is 18.8. The third-order valence-corrected chi connectivity index (χ3v) is 4.86. The number of carbonyl (C=O) groups excluding carboxylic acids is 1. The molecule has 1 aliphatic heterocycles. The van der Waals surface area contributed by atoms with Crippen molar-refractivity contribution in [3.63, 3.8) is 0 Å². The third kappa shape index (κ3) is 3.61. The largest absolute Gasteiger partial charge is 0.481 e. The Hall–Kier alpha value is -2.31. The maximum atomic E-state index is 13.1. The molecular formula is C19H21ClN2O4. The van der Waals surface area contributed by atoms with Crippen LogP contribution >= 0.6 is 11.6 Å². The van der Waals surface area contributed by atoms with Crippen LogP contribution in [0.25, 0.3) is 5.69 Å². The molecule has 6 nitrogen and oxygen atoms in total. The van der Waals surface area contributed by atoms with Gasteiger partial charge in [0.15, 0.2) is 0 Å². The number of halogens is 1. The van der Waals surface area contributed by atoms with E-state index in [4.69, 9.17) is 21.4 Å². The van der Waals surface area contributed by atoms with E-state index in [2.05, 4.69) is 0 Å². The van der Waals surface area contributed by atoms with Crippen LogP contribution in [0.15, 0.2) is 30.3 Å². The lowest BCUT2D eigenvalue weighted by Gasteiger charge is -2.34. The van der Waals surface area contributed by atoms with Gasteiger partial charge in [0.25, 0.3) is 5.91 Å². The van der Waals surface area contributed by atoms with Gasteiger partial charge in [0, 0.05) is 28.6 Å². The van der Waals surface area contributed by atoms with Crippen LogP contribution in [0.5, 0.6) is 0 Å². The second kappa shape index (κ2) is 7.51. The van der Waals surface area contributed by atoms with Crippen LogP contribution in [-0.4, -0.2) is 52.3 Å². The van der Waals surface area contributed by atoms with Gasteiger partial charge >= 0.3 is 5.97 Å². The molecule has 0 spiro atoms. The van der Waals surface area contributed by atoms with Crippen LogP contribution < -0.4 is 0 Å². The lowest BCUT2D eigenvalue weighted by Crippen LogP contribution is -2.49. The molecule has 1 atom stereocenters. The molecule has 2 heterocycles. The van der Waals surface area contributed by atoms with Crippen molar-refractivity contribution in [1.82, 2.24) is 9.47 Å². The Kier molecular flexibility index (Phi) is 5.34. The van der Waals surface area contributed by atoms with Crippen molar-refractivity contribution >= 4 is 23.5 Å². The number of carboxylic acid groups (broad SMARTS) is 1. The summed E-state index contributed by atoms with van der Waals surface area (Å²) >= 11 is 6.10. The molecule has 2 aromatic rings. The first-order chi connectivity index (χ1) is 12.4. The quantitative estimate of drug-likeness (QED) is 0.890. The van der Waals surface area contributed by atoms with Gasteiger partial charge in [0.05, 0.1) is 31.2 Å². The van der Waals surface area contributed by atoms with E-state index in [1.165, 1.54) is 0 Å². The number of amides is 1. The van der Waals surface area contributed by atoms with Crippen LogP contribution in [0.2, 0.25) is 5.02 Å². The number of aryl methyl sites for hydroxylation is 1. The molecule has 138 valence electrons. The Balaban J connectivity index is 1.95. The van der Waals surface area contributed by atoms with E-state index in [-0.39, 0.29) is 18.9 Å². The van der Waals surface area contributed by atoms with Crippen molar-refractivity contribution in [2.45, 2.75) is 26.3 Å². The smallest absolute Gasteiger partial charge is 0.305 e. The second-order valence-electron chi connectivity index (χ2n) is 6.43. The lowest BCUT2D eigenvalue weighted by atomic mass is 10.1. The fraction of sp³-hybridized carbons (Fsp3) is 0.368. The number of carbonyl (C=O) groups is 2. The number of carboxylic acids is 1. The van der Waals surface area contributed by atoms with Crippen LogP contribution in [-0.2, 0) is 9.53 Å². The molecule has 7 heteroatoms. The third-order valence-electron chi connectivity index (χ3n) is 4.63. The minimum absolute atomic E-state index is 0.126. The van der Waals surface area contributed by atoms with E-state index in [0.29, 0.717) is 23.7 Å². The summed E-state index contributed by atoms with van der Waals surface area (Å²) in [7, 11) is 0. The lowest BCUT2D eigenvalue weighted by molar-refractivity contribution is -0.139. The highest BCUT2D eigenvalue weighted by Gasteiger charge is 2.31. The zero-order valence-electron chi connectivity index (χ0n) is 14.7. The average molecular weight is 377 g/mol. The first-order valence-electron chi connectivity index (χ1n) is 8.44. The van der Waals surface area contributed by atoms with Crippen LogP contribution in [0, 0.1) is 13.8 Å². The SMILES string of the molecule is Cc1cc(C(=O)N2CCOCC2CC(=O)O)c(C)n1-c1cccc(Cl)c1. The Labute approximate surface area is 156 Å². The van der Waals surface area contributed by atoms with Gasteiger partial charge in [-0.2, -0.15) is 0 Å². The topological polar surface area (TPSA) is 71.8 Å². The number of nitrogens with zero attached hydrogens (tertiary/aromatic N) is 2. The molecule has 1 amide bonds. The zero-order valence-corrected chi connectivity index (χ0v) is 15.5. The standard InChI is InChI=1S/C19H21ClN2O4/c1-12-8-17(13(2)22(12)15-5-3-4-14(20)9-15)19(25)21-6-7-26-11-16(21)10-18(23)24/h3-5,8-9,16H,6-7,10-11H2,1-2H3,(H,23,24). The Bertz CT molecular complexity index is 846. The molecule has 0 aliphatic carbocycles. The molecule has 1 aliphatic rings. The van der Waals surface area contributed by atoms with Crippen molar-refractivity contribution in [2.75, 3.05) is 19.8 Å². The molecule has 1 N–H and O–H groups in total. The molecule has 3 rings (SSSR count). The molecule has 1 saturated heterocycles. The van der Waals surface area contributed by atoms with Crippen LogP contribution in [0.1, 0.15) is 28.2 Å². The minimum Gasteiger partial charge on any atom is -0.481 e. The van der Waals surface area contributed by atoms with Gasteiger partial charge < -0.3 is 19.3 Å². The Morgan fingerprint density at radius 3 is 2.77 bits per heavy atom. The van der Waals surface area contributed by atoms with E-state index >= 15 is 0 Å². The van der Waals surface area contributed by atoms with Crippen LogP contribution in [0.3, 0.4) is 0 Å². The number of aromatic nitrogens is 1. The molecule has 0 bridgehead atoms. The summed E-state index contributed by atoms with van der Waals surface area (Å²) in [4.78, 5) is 25.8. The number of hydrogen-bond donors (Lipinski definition) is 1. The fourth-order valence-electron chi connectivity index (χ4n) is 3.44. The molecule has 26 heavy (non-hydrogen) atoms. The number of rotatable bonds is 4. The first-order valence-corrected chi connectivity index (χ1v) is 8.81. The first kappa shape index (κ1) is 18.5. The highest BCUT2D eigenvalue weighted by atomic mass is 35.5. The molecule has 1 aromatic carbocycles. The van der Waals surface area contributed by atoms with Gasteiger partial charge in [0.2, 0.25) is 0 Å². The number of ether oxygens (including phenoxy) is 1. The van der Waals surface area contributed by atoms with E-state index in [0.717, 1.165) is 17.1 Å². The summed E-state index contributed by atoms with van der Waals surface area (Å²) in [5.41, 5.74) is 3.17. The highest BCUT2D eigenvalue weighted by molar-refractivity contribution is 6.30. The number of morpholine rings is 1. The molecule has 1 fully saturated rings. The fourth-order valence-corrected chi connectivity index (χ4v) is 3.62. The number of benzene rings is 1. The summed E-state index contributed by atoms with van der Waals surface area (Å²) < 4.78 is 7.34. The van der Waals surface area contributed by atoms with Crippen molar-refractivity contribution in [3.05, 3.63) is 52.3 Å². The van der Waals surface area contributed by atoms with Gasteiger partial charge in [-0.05, 0) is 38.1 Å². The average Bonchev–Trinajstić information content (AvgIpc) is 2.89. The van der Waals surface area contributed by atoms with Gasteiger partial charge in [0.1, 0.15) is 0 Å². The summed E-state index contributed by atoms with van der Waals surface area (Å²) in [5.74, 6) is -1.11. The normalized spacial score (nSPS) is 17.3. The molecular weight excluding hydrogens is 356 g/mol. The Morgan fingerprint density at radius 2 is 2.08 bits per heavy atom. The van der Waals surface area contributed by atoms with Crippen molar-refractivity contribution < 1.29 is 19.4 Å². The molecule has 1 aromatic heterocycles. The highest BCUT2D eigenvalue weighted by Crippen LogP contribution is 2.25. The predicted octanol–water partition coefficient (Wildman–Crippen LogP) is 3.06. The maximum Gasteiger partial charge on any atom is 0.305 e. The van der Waals surface area contributed by atoms with E-state index in [1.807, 2.05) is 42.7 Å². The minimum atomic E-state index is -0.942. The van der Waals surface area contributed by atoms with Gasteiger partial charge in [-0.25, -0.2) is 0 Å². The molecule has 0 radical (unpaired) electrons. The summed E-state index contributed by atoms with van der Waals surface area (Å²) in [6.07, 6.45) is -0.126. The van der Waals surface area contributed by atoms with Gasteiger partial charge in [-0.3, -0.25) is 9.59 Å². The molecule has 1 unspecified atom stereocenters. The maximum absolute atomic E-state index is 13.1. The van der Waals surface area contributed by atoms with Crippen molar-refractivity contribution in [1.29, 1.82) is 0 Å². The van der Waals surface area contributed by atoms with Crippen molar-refractivity contribution in [3.8, 4) is 5.69 Å². The van der Waals surface area contributed by atoms with Gasteiger partial charge in [-0.1, -0.05) is 17.7 Å². The summed E-state index contributed by atoms with van der Waals surface area (Å²) in [5, 5.41) is 9.73.